The molecule has 0 radical (unpaired) electrons. The largest absolute Gasteiger partial charge is 0.507 e. The van der Waals surface area contributed by atoms with Gasteiger partial charge in [-0.3, -0.25) is 19.6 Å². The number of β-amino-alcohol motifs (C(OH)–C–C–N with tert-alkyl or cyclic N) is 1. The van der Waals surface area contributed by atoms with Crippen LogP contribution in [-0.4, -0.2) is 82.6 Å². The van der Waals surface area contributed by atoms with E-state index in [9.17, 15) is 15.0 Å². The summed E-state index contributed by atoms with van der Waals surface area (Å²) in [6.45, 7) is 6.42. The Bertz CT molecular complexity index is 848. The number of pyridine rings is 2. The zero-order chi connectivity index (χ0) is 20.8. The van der Waals surface area contributed by atoms with Crippen LogP contribution in [0, 0.1) is 6.92 Å². The van der Waals surface area contributed by atoms with Gasteiger partial charge in [-0.1, -0.05) is 6.07 Å². The maximum atomic E-state index is 13.4. The molecule has 0 bridgehead atoms. The van der Waals surface area contributed by atoms with Crippen molar-refractivity contribution in [3.63, 3.8) is 0 Å². The van der Waals surface area contributed by atoms with Crippen LogP contribution in [0.1, 0.15) is 23.0 Å². The summed E-state index contributed by atoms with van der Waals surface area (Å²) in [5.41, 5.74) is 1.56. The van der Waals surface area contributed by atoms with Gasteiger partial charge in [-0.05, 0) is 25.1 Å². The molecular formula is C21H30N4O4. The Hall–Kier alpha value is -2.26. The highest BCUT2D eigenvalue weighted by Crippen LogP contribution is 2.32. The van der Waals surface area contributed by atoms with Crippen LogP contribution in [-0.2, 0) is 11.3 Å². The predicted molar refractivity (Wildman–Crippen MR) is 110 cm³/mol. The number of aromatic hydroxyl groups is 1. The first-order valence-electron chi connectivity index (χ1n) is 9.97. The first kappa shape index (κ1) is 21.4. The van der Waals surface area contributed by atoms with Crippen LogP contribution >= 0.6 is 0 Å². The van der Waals surface area contributed by atoms with E-state index in [0.717, 1.165) is 18.8 Å². The number of hydrogen-bond acceptors (Lipinski definition) is 7. The highest BCUT2D eigenvalue weighted by atomic mass is 16.5. The third-order valence-corrected chi connectivity index (χ3v) is 5.47. The normalized spacial score (nSPS) is 16.8. The number of aliphatic hydroxyl groups is 1. The van der Waals surface area contributed by atoms with Gasteiger partial charge < -0.3 is 19.5 Å². The molecule has 0 saturated carbocycles. The lowest BCUT2D eigenvalue weighted by Crippen LogP contribution is -2.49. The van der Waals surface area contributed by atoms with Crippen molar-refractivity contribution >= 4 is 0 Å². The van der Waals surface area contributed by atoms with Gasteiger partial charge in [0.25, 0.3) is 5.56 Å². The van der Waals surface area contributed by atoms with Gasteiger partial charge in [0.2, 0.25) is 0 Å². The lowest BCUT2D eigenvalue weighted by Gasteiger charge is -2.39. The van der Waals surface area contributed by atoms with Crippen LogP contribution in [0.25, 0.3) is 0 Å². The second-order valence-corrected chi connectivity index (χ2v) is 7.29. The summed E-state index contributed by atoms with van der Waals surface area (Å²) in [6.07, 6.45) is 1.71. The fourth-order valence-electron chi connectivity index (χ4n) is 3.93. The Labute approximate surface area is 171 Å². The van der Waals surface area contributed by atoms with Crippen molar-refractivity contribution in [3.05, 3.63) is 57.8 Å². The van der Waals surface area contributed by atoms with Gasteiger partial charge in [0.1, 0.15) is 5.75 Å². The van der Waals surface area contributed by atoms with Crippen molar-refractivity contribution < 1.29 is 14.9 Å². The van der Waals surface area contributed by atoms with Crippen molar-refractivity contribution in [3.8, 4) is 5.75 Å². The van der Waals surface area contributed by atoms with Gasteiger partial charge >= 0.3 is 0 Å². The average Bonchev–Trinajstić information content (AvgIpc) is 2.72. The topological polar surface area (TPSA) is 91.1 Å². The summed E-state index contributed by atoms with van der Waals surface area (Å²) in [4.78, 5) is 22.3. The van der Waals surface area contributed by atoms with Gasteiger partial charge in [-0.2, -0.15) is 0 Å². The van der Waals surface area contributed by atoms with Crippen LogP contribution in [0.5, 0.6) is 5.75 Å². The van der Waals surface area contributed by atoms with E-state index < -0.39 is 6.04 Å². The second-order valence-electron chi connectivity index (χ2n) is 7.29. The first-order valence-corrected chi connectivity index (χ1v) is 9.97. The van der Waals surface area contributed by atoms with E-state index in [-0.39, 0.29) is 17.9 Å². The summed E-state index contributed by atoms with van der Waals surface area (Å²) in [5, 5.41) is 20.0. The van der Waals surface area contributed by atoms with Gasteiger partial charge in [0, 0.05) is 58.3 Å². The maximum absolute atomic E-state index is 13.4. The molecule has 1 atom stereocenters. The minimum atomic E-state index is -0.436. The molecule has 1 fully saturated rings. The van der Waals surface area contributed by atoms with Gasteiger partial charge in [0.15, 0.2) is 0 Å². The van der Waals surface area contributed by atoms with Crippen LogP contribution in [0.3, 0.4) is 0 Å². The fourth-order valence-corrected chi connectivity index (χ4v) is 3.93. The Morgan fingerprint density at radius 1 is 1.21 bits per heavy atom. The standard InChI is InChI=1S/C21H30N4O4/c1-16-15-18(27)19(21(28)25(16)12-14-29-2)20(17-5-3-4-6-22-17)24-9-7-23(8-10-24)11-13-26/h3-6,15,20,26-27H,7-14H2,1-2H3. The summed E-state index contributed by atoms with van der Waals surface area (Å²) in [6, 6.07) is 6.83. The molecule has 1 aliphatic rings. The van der Waals surface area contributed by atoms with Crippen molar-refractivity contribution in [1.29, 1.82) is 0 Å². The van der Waals surface area contributed by atoms with Gasteiger partial charge in [-0.15, -0.1) is 0 Å². The molecule has 29 heavy (non-hydrogen) atoms. The summed E-state index contributed by atoms with van der Waals surface area (Å²) in [5.74, 6) is -0.00499. The van der Waals surface area contributed by atoms with Gasteiger partial charge in [-0.25, -0.2) is 0 Å². The van der Waals surface area contributed by atoms with E-state index in [2.05, 4.69) is 14.8 Å². The number of hydrogen-bond donors (Lipinski definition) is 2. The SMILES string of the molecule is COCCn1c(C)cc(O)c(C(c2ccccn2)N2CCN(CCO)CC2)c1=O. The molecular weight excluding hydrogens is 372 g/mol. The van der Waals surface area contributed by atoms with E-state index in [1.807, 2.05) is 25.1 Å². The van der Waals surface area contributed by atoms with Crippen molar-refractivity contribution in [1.82, 2.24) is 19.4 Å². The molecule has 3 heterocycles. The quantitative estimate of drug-likeness (QED) is 0.668. The minimum absolute atomic E-state index is 0.00499. The number of ether oxygens (including phenoxy) is 1. The third kappa shape index (κ3) is 4.84. The summed E-state index contributed by atoms with van der Waals surface area (Å²) < 4.78 is 6.80. The molecule has 2 aromatic rings. The highest BCUT2D eigenvalue weighted by Gasteiger charge is 2.32. The van der Waals surface area contributed by atoms with E-state index in [4.69, 9.17) is 4.74 Å². The fraction of sp³-hybridized carbons (Fsp3) is 0.524. The molecule has 0 spiro atoms. The Kier molecular flexibility index (Phi) is 7.38. The number of aliphatic hydroxyl groups excluding tert-OH is 1. The molecule has 8 heteroatoms. The van der Waals surface area contributed by atoms with Crippen LogP contribution < -0.4 is 5.56 Å². The first-order chi connectivity index (χ1) is 14.1. The molecule has 0 amide bonds. The van der Waals surface area contributed by atoms with Crippen molar-refractivity contribution in [2.45, 2.75) is 19.5 Å². The maximum Gasteiger partial charge on any atom is 0.259 e. The minimum Gasteiger partial charge on any atom is -0.507 e. The molecule has 1 saturated heterocycles. The monoisotopic (exact) mass is 402 g/mol. The van der Waals surface area contributed by atoms with Crippen LogP contribution in [0.15, 0.2) is 35.3 Å². The molecule has 2 N–H and O–H groups in total. The van der Waals surface area contributed by atoms with E-state index in [0.29, 0.717) is 44.0 Å². The summed E-state index contributed by atoms with van der Waals surface area (Å²) >= 11 is 0. The molecule has 3 rings (SSSR count). The average molecular weight is 402 g/mol. The van der Waals surface area contributed by atoms with Crippen LogP contribution in [0.2, 0.25) is 0 Å². The Balaban J connectivity index is 2.03. The van der Waals surface area contributed by atoms with Crippen LogP contribution in [0.4, 0.5) is 0 Å². The van der Waals surface area contributed by atoms with Crippen molar-refractivity contribution in [2.75, 3.05) is 53.0 Å². The third-order valence-electron chi connectivity index (χ3n) is 5.47. The van der Waals surface area contributed by atoms with Crippen molar-refractivity contribution in [2.24, 2.45) is 0 Å². The summed E-state index contributed by atoms with van der Waals surface area (Å²) in [7, 11) is 1.60. The molecule has 158 valence electrons. The smallest absolute Gasteiger partial charge is 0.259 e. The molecule has 8 nitrogen and oxygen atoms in total. The predicted octanol–water partition coefficient (Wildman–Crippen LogP) is 0.603. The second kappa shape index (κ2) is 9.98. The van der Waals surface area contributed by atoms with E-state index in [1.165, 1.54) is 0 Å². The van der Waals surface area contributed by atoms with E-state index in [1.54, 1.807) is 23.9 Å². The Morgan fingerprint density at radius 3 is 2.59 bits per heavy atom. The number of rotatable bonds is 8. The number of aryl methyl sites for hydroxylation is 1. The highest BCUT2D eigenvalue weighted by molar-refractivity contribution is 5.39. The number of aromatic nitrogens is 2. The molecule has 0 aliphatic carbocycles. The Morgan fingerprint density at radius 2 is 1.97 bits per heavy atom. The zero-order valence-corrected chi connectivity index (χ0v) is 17.1. The van der Waals surface area contributed by atoms with E-state index >= 15 is 0 Å². The van der Waals surface area contributed by atoms with Gasteiger partial charge in [0.05, 0.1) is 30.5 Å². The molecule has 0 aromatic carbocycles. The number of methoxy groups -OCH3 is 1. The lowest BCUT2D eigenvalue weighted by atomic mass is 10.00. The molecule has 1 aliphatic heterocycles. The molecule has 2 aromatic heterocycles. The zero-order valence-electron chi connectivity index (χ0n) is 17.1. The lowest BCUT2D eigenvalue weighted by molar-refractivity contribution is 0.0920. The molecule has 1 unspecified atom stereocenters. The number of piperazine rings is 1. The number of nitrogens with zero attached hydrogens (tertiary/aromatic N) is 4.